The van der Waals surface area contributed by atoms with Crippen molar-refractivity contribution in [2.45, 2.75) is 25.9 Å². The van der Waals surface area contributed by atoms with Crippen LogP contribution >= 0.6 is 15.9 Å². The van der Waals surface area contributed by atoms with E-state index in [-0.39, 0.29) is 18.0 Å². The van der Waals surface area contributed by atoms with Gasteiger partial charge in [0.05, 0.1) is 17.6 Å². The third-order valence-corrected chi connectivity index (χ3v) is 3.61. The first-order valence-corrected chi connectivity index (χ1v) is 6.96. The van der Waals surface area contributed by atoms with Crippen LogP contribution in [0.3, 0.4) is 0 Å². The molecule has 0 unspecified atom stereocenters. The Balaban J connectivity index is 2.75. The van der Waals surface area contributed by atoms with E-state index in [1.54, 1.807) is 26.1 Å². The van der Waals surface area contributed by atoms with Crippen molar-refractivity contribution in [1.82, 2.24) is 10.2 Å². The van der Waals surface area contributed by atoms with Crippen molar-refractivity contribution in [2.75, 3.05) is 21.2 Å². The van der Waals surface area contributed by atoms with Crippen LogP contribution in [0.1, 0.15) is 25.5 Å². The molecule has 0 fully saturated rings. The van der Waals surface area contributed by atoms with Crippen LogP contribution in [0.15, 0.2) is 22.7 Å². The molecule has 0 bridgehead atoms. The molecule has 0 aliphatic heterocycles. The van der Waals surface area contributed by atoms with Gasteiger partial charge in [0.25, 0.3) is 0 Å². The average molecular weight is 329 g/mol. The largest absolute Gasteiger partial charge is 0.496 e. The molecule has 1 aromatic rings. The molecule has 1 N–H and O–H groups in total. The molecule has 106 valence electrons. The Morgan fingerprint density at radius 3 is 2.47 bits per heavy atom. The second-order valence-corrected chi connectivity index (χ2v) is 5.59. The van der Waals surface area contributed by atoms with Crippen molar-refractivity contribution in [1.29, 1.82) is 0 Å². The van der Waals surface area contributed by atoms with Gasteiger partial charge in [-0.1, -0.05) is 6.07 Å². The first-order valence-electron chi connectivity index (χ1n) is 6.17. The van der Waals surface area contributed by atoms with E-state index in [1.165, 1.54) is 0 Å². The fraction of sp³-hybridized carbons (Fsp3) is 0.500. The van der Waals surface area contributed by atoms with E-state index < -0.39 is 0 Å². The van der Waals surface area contributed by atoms with Crippen LogP contribution in [0.4, 0.5) is 0 Å². The second kappa shape index (κ2) is 6.91. The summed E-state index contributed by atoms with van der Waals surface area (Å²) in [4.78, 5) is 13.4. The van der Waals surface area contributed by atoms with Crippen molar-refractivity contribution < 1.29 is 9.53 Å². The normalized spacial score (nSPS) is 13.8. The maximum Gasteiger partial charge on any atom is 0.238 e. The summed E-state index contributed by atoms with van der Waals surface area (Å²) in [6.07, 6.45) is 0. The highest BCUT2D eigenvalue weighted by Gasteiger charge is 2.18. The maximum atomic E-state index is 11.8. The molecule has 0 radical (unpaired) electrons. The molecule has 0 saturated heterocycles. The third kappa shape index (κ3) is 4.21. The molecule has 19 heavy (non-hydrogen) atoms. The predicted octanol–water partition coefficient (Wildman–Crippen LogP) is 2.59. The zero-order valence-electron chi connectivity index (χ0n) is 12.0. The van der Waals surface area contributed by atoms with E-state index in [0.29, 0.717) is 0 Å². The first-order chi connectivity index (χ1) is 8.86. The van der Waals surface area contributed by atoms with Gasteiger partial charge in [0, 0.05) is 20.1 Å². The molecule has 0 heterocycles. The first kappa shape index (κ1) is 16.0. The SMILES string of the molecule is COc1ccc([C@@H](C)N[C@@H](C)C(=O)N(C)C)cc1Br. The van der Waals surface area contributed by atoms with Crippen LogP contribution in [0.2, 0.25) is 0 Å². The van der Waals surface area contributed by atoms with Gasteiger partial charge in [-0.15, -0.1) is 0 Å². The Bertz CT molecular complexity index is 449. The lowest BCUT2D eigenvalue weighted by Gasteiger charge is -2.22. The number of halogens is 1. The number of methoxy groups -OCH3 is 1. The molecule has 0 spiro atoms. The fourth-order valence-electron chi connectivity index (χ4n) is 1.88. The van der Waals surface area contributed by atoms with Gasteiger partial charge in [-0.05, 0) is 47.5 Å². The lowest BCUT2D eigenvalue weighted by atomic mass is 10.1. The van der Waals surface area contributed by atoms with Gasteiger partial charge in [-0.2, -0.15) is 0 Å². The molecule has 0 aliphatic rings. The van der Waals surface area contributed by atoms with Gasteiger partial charge in [0.1, 0.15) is 5.75 Å². The average Bonchev–Trinajstić information content (AvgIpc) is 2.37. The molecule has 1 amide bonds. The number of carbonyl (C=O) groups is 1. The number of hydrogen-bond donors (Lipinski definition) is 1. The zero-order chi connectivity index (χ0) is 14.6. The third-order valence-electron chi connectivity index (χ3n) is 2.99. The number of amides is 1. The van der Waals surface area contributed by atoms with E-state index in [0.717, 1.165) is 15.8 Å². The van der Waals surface area contributed by atoms with Crippen molar-refractivity contribution in [2.24, 2.45) is 0 Å². The highest BCUT2D eigenvalue weighted by atomic mass is 79.9. The highest BCUT2D eigenvalue weighted by molar-refractivity contribution is 9.10. The number of benzene rings is 1. The van der Waals surface area contributed by atoms with Gasteiger partial charge < -0.3 is 9.64 Å². The number of hydrogen-bond acceptors (Lipinski definition) is 3. The number of likely N-dealkylation sites (N-methyl/N-ethyl adjacent to an activating group) is 1. The number of nitrogens with zero attached hydrogens (tertiary/aromatic N) is 1. The van der Waals surface area contributed by atoms with Gasteiger partial charge in [-0.25, -0.2) is 0 Å². The van der Waals surface area contributed by atoms with Gasteiger partial charge in [-0.3, -0.25) is 10.1 Å². The number of rotatable bonds is 5. The van der Waals surface area contributed by atoms with Crippen molar-refractivity contribution in [3.8, 4) is 5.75 Å². The summed E-state index contributed by atoms with van der Waals surface area (Å²) < 4.78 is 6.11. The van der Waals surface area contributed by atoms with Crippen LogP contribution in [-0.4, -0.2) is 38.1 Å². The van der Waals surface area contributed by atoms with E-state index in [2.05, 4.69) is 21.2 Å². The lowest BCUT2D eigenvalue weighted by molar-refractivity contribution is -0.130. The zero-order valence-corrected chi connectivity index (χ0v) is 13.6. The summed E-state index contributed by atoms with van der Waals surface area (Å²) in [5.74, 6) is 0.868. The van der Waals surface area contributed by atoms with E-state index in [4.69, 9.17) is 4.74 Å². The Kier molecular flexibility index (Phi) is 5.82. The Hall–Kier alpha value is -1.07. The summed E-state index contributed by atoms with van der Waals surface area (Å²) in [6, 6.07) is 5.78. The van der Waals surface area contributed by atoms with Gasteiger partial charge >= 0.3 is 0 Å². The minimum atomic E-state index is -0.217. The predicted molar refractivity (Wildman–Crippen MR) is 80.4 cm³/mol. The van der Waals surface area contributed by atoms with Crippen LogP contribution in [0, 0.1) is 0 Å². The number of carbonyl (C=O) groups excluding carboxylic acids is 1. The molecular formula is C14H21BrN2O2. The smallest absolute Gasteiger partial charge is 0.238 e. The van der Waals surface area contributed by atoms with Crippen LogP contribution in [-0.2, 0) is 4.79 Å². The number of ether oxygens (including phenoxy) is 1. The van der Waals surface area contributed by atoms with Crippen LogP contribution in [0.25, 0.3) is 0 Å². The summed E-state index contributed by atoms with van der Waals surface area (Å²) in [5.41, 5.74) is 1.10. The van der Waals surface area contributed by atoms with Gasteiger partial charge in [0.2, 0.25) is 5.91 Å². The van der Waals surface area contributed by atoms with Crippen LogP contribution < -0.4 is 10.1 Å². The monoisotopic (exact) mass is 328 g/mol. The molecule has 5 heteroatoms. The Morgan fingerprint density at radius 2 is 2.00 bits per heavy atom. The van der Waals surface area contributed by atoms with E-state index in [1.807, 2.05) is 32.0 Å². The highest BCUT2D eigenvalue weighted by Crippen LogP contribution is 2.28. The molecule has 4 nitrogen and oxygen atoms in total. The van der Waals surface area contributed by atoms with E-state index in [9.17, 15) is 4.79 Å². The quantitative estimate of drug-likeness (QED) is 0.903. The summed E-state index contributed by atoms with van der Waals surface area (Å²) in [7, 11) is 5.16. The molecule has 0 aliphatic carbocycles. The maximum absolute atomic E-state index is 11.8. The molecular weight excluding hydrogens is 308 g/mol. The Labute approximate surface area is 123 Å². The topological polar surface area (TPSA) is 41.6 Å². The molecule has 1 rings (SSSR count). The minimum Gasteiger partial charge on any atom is -0.496 e. The standard InChI is InChI=1S/C14H21BrN2O2/c1-9(16-10(2)14(18)17(3)4)11-6-7-13(19-5)12(15)8-11/h6-10,16H,1-5H3/t9-,10+/m1/s1. The van der Waals surface area contributed by atoms with Crippen molar-refractivity contribution in [3.05, 3.63) is 28.2 Å². The molecule has 0 aromatic heterocycles. The van der Waals surface area contributed by atoms with Crippen molar-refractivity contribution >= 4 is 21.8 Å². The minimum absolute atomic E-state index is 0.0689. The number of nitrogens with one attached hydrogen (secondary N) is 1. The molecule has 1 aromatic carbocycles. The lowest BCUT2D eigenvalue weighted by Crippen LogP contribution is -2.42. The summed E-state index contributed by atoms with van der Waals surface area (Å²) in [6.45, 7) is 3.91. The Morgan fingerprint density at radius 1 is 1.37 bits per heavy atom. The summed E-state index contributed by atoms with van der Waals surface area (Å²) >= 11 is 3.47. The summed E-state index contributed by atoms with van der Waals surface area (Å²) in [5, 5.41) is 3.29. The van der Waals surface area contributed by atoms with Gasteiger partial charge in [0.15, 0.2) is 0 Å². The van der Waals surface area contributed by atoms with E-state index >= 15 is 0 Å². The molecule has 2 atom stereocenters. The van der Waals surface area contributed by atoms with Crippen LogP contribution in [0.5, 0.6) is 5.75 Å². The fourth-order valence-corrected chi connectivity index (χ4v) is 2.44. The molecule has 0 saturated carbocycles. The second-order valence-electron chi connectivity index (χ2n) is 4.74. The van der Waals surface area contributed by atoms with Crippen molar-refractivity contribution in [3.63, 3.8) is 0 Å².